The molecule has 0 spiro atoms. The topological polar surface area (TPSA) is 106 Å². The Bertz CT molecular complexity index is 1350. The second-order valence-corrected chi connectivity index (χ2v) is 9.48. The van der Waals surface area contributed by atoms with Crippen molar-refractivity contribution < 1.29 is 29.0 Å². The van der Waals surface area contributed by atoms with Crippen LogP contribution in [0, 0.1) is 6.92 Å². The molecule has 10 heteroatoms. The number of thiazole rings is 1. The van der Waals surface area contributed by atoms with Crippen molar-refractivity contribution in [2.75, 3.05) is 18.6 Å². The van der Waals surface area contributed by atoms with Crippen LogP contribution in [0.3, 0.4) is 0 Å². The summed E-state index contributed by atoms with van der Waals surface area (Å²) in [6, 6.07) is 12.7. The molecule has 35 heavy (non-hydrogen) atoms. The van der Waals surface area contributed by atoms with Crippen LogP contribution < -0.4 is 9.64 Å². The summed E-state index contributed by atoms with van der Waals surface area (Å²) < 4.78 is 11.1. The SMILES string of the molecule is CCOc1cccc(/C(O)=C2\C(=O)C(=O)N(c3nc(C)c(C(=O)OC)s3)C2c2ccc(Br)cc2)c1. The number of methoxy groups -OCH3 is 1. The van der Waals surface area contributed by atoms with E-state index in [2.05, 4.69) is 20.9 Å². The molecule has 0 radical (unpaired) electrons. The number of aliphatic hydroxyl groups is 1. The molecule has 1 saturated heterocycles. The maximum Gasteiger partial charge on any atom is 0.350 e. The number of ether oxygens (including phenoxy) is 2. The van der Waals surface area contributed by atoms with Gasteiger partial charge in [0.25, 0.3) is 5.78 Å². The Labute approximate surface area is 213 Å². The van der Waals surface area contributed by atoms with E-state index in [1.165, 1.54) is 12.0 Å². The minimum Gasteiger partial charge on any atom is -0.507 e. The fourth-order valence-electron chi connectivity index (χ4n) is 3.81. The van der Waals surface area contributed by atoms with E-state index >= 15 is 0 Å². The fourth-order valence-corrected chi connectivity index (χ4v) is 5.09. The third kappa shape index (κ3) is 4.59. The number of aromatic nitrogens is 1. The predicted octanol–water partition coefficient (Wildman–Crippen LogP) is 5.03. The third-order valence-electron chi connectivity index (χ3n) is 5.41. The molecule has 1 unspecified atom stereocenters. The number of aliphatic hydroxyl groups excluding tert-OH is 1. The molecule has 4 rings (SSSR count). The molecule has 2 heterocycles. The van der Waals surface area contributed by atoms with Gasteiger partial charge in [-0.1, -0.05) is 51.5 Å². The average molecular weight is 557 g/mol. The predicted molar refractivity (Wildman–Crippen MR) is 135 cm³/mol. The van der Waals surface area contributed by atoms with E-state index in [0.717, 1.165) is 15.8 Å². The highest BCUT2D eigenvalue weighted by atomic mass is 79.9. The molecule has 1 amide bonds. The number of anilines is 1. The molecule has 2 aromatic carbocycles. The molecular formula is C25H21BrN2O6S. The minimum absolute atomic E-state index is 0.0848. The van der Waals surface area contributed by atoms with E-state index < -0.39 is 23.7 Å². The van der Waals surface area contributed by atoms with Gasteiger partial charge in [-0.15, -0.1) is 0 Å². The van der Waals surface area contributed by atoms with Crippen molar-refractivity contribution in [2.24, 2.45) is 0 Å². The lowest BCUT2D eigenvalue weighted by Crippen LogP contribution is -2.29. The molecule has 180 valence electrons. The monoisotopic (exact) mass is 556 g/mol. The summed E-state index contributed by atoms with van der Waals surface area (Å²) in [4.78, 5) is 44.5. The van der Waals surface area contributed by atoms with Gasteiger partial charge in [-0.2, -0.15) is 0 Å². The second-order valence-electron chi connectivity index (χ2n) is 7.58. The van der Waals surface area contributed by atoms with Crippen LogP contribution in [0.5, 0.6) is 5.75 Å². The summed E-state index contributed by atoms with van der Waals surface area (Å²) in [5.74, 6) is -2.11. The van der Waals surface area contributed by atoms with Crippen LogP contribution in [0.2, 0.25) is 0 Å². The zero-order valence-electron chi connectivity index (χ0n) is 19.1. The smallest absolute Gasteiger partial charge is 0.350 e. The molecule has 8 nitrogen and oxygen atoms in total. The number of carbonyl (C=O) groups excluding carboxylic acids is 3. The zero-order chi connectivity index (χ0) is 25.3. The number of aryl methyl sites for hydroxylation is 1. The quantitative estimate of drug-likeness (QED) is 0.196. The number of amides is 1. The molecule has 1 aliphatic heterocycles. The first-order chi connectivity index (χ1) is 16.8. The Morgan fingerprint density at radius 2 is 1.91 bits per heavy atom. The lowest BCUT2D eigenvalue weighted by molar-refractivity contribution is -0.132. The van der Waals surface area contributed by atoms with E-state index in [9.17, 15) is 19.5 Å². The van der Waals surface area contributed by atoms with Gasteiger partial charge in [-0.3, -0.25) is 14.5 Å². The van der Waals surface area contributed by atoms with Crippen LogP contribution in [0.4, 0.5) is 5.13 Å². The molecule has 1 aliphatic rings. The van der Waals surface area contributed by atoms with Crippen molar-refractivity contribution in [3.8, 4) is 5.75 Å². The number of carbonyl (C=O) groups is 3. The molecule has 1 N–H and O–H groups in total. The van der Waals surface area contributed by atoms with E-state index in [1.54, 1.807) is 55.5 Å². The Balaban J connectivity index is 1.92. The number of benzene rings is 2. The maximum absolute atomic E-state index is 13.3. The minimum atomic E-state index is -0.963. The number of esters is 1. The normalized spacial score (nSPS) is 17.0. The Hall–Kier alpha value is -3.50. The molecule has 1 aromatic heterocycles. The van der Waals surface area contributed by atoms with Crippen molar-refractivity contribution in [2.45, 2.75) is 19.9 Å². The first kappa shape index (κ1) is 24.6. The van der Waals surface area contributed by atoms with E-state index in [1.807, 2.05) is 6.92 Å². The van der Waals surface area contributed by atoms with Crippen LogP contribution in [-0.2, 0) is 14.3 Å². The number of halogens is 1. The van der Waals surface area contributed by atoms with Crippen molar-refractivity contribution in [1.82, 2.24) is 4.98 Å². The largest absolute Gasteiger partial charge is 0.507 e. The molecule has 3 aromatic rings. The molecule has 0 saturated carbocycles. The molecular weight excluding hydrogens is 536 g/mol. The first-order valence-corrected chi connectivity index (χ1v) is 12.2. The Kier molecular flexibility index (Phi) is 7.04. The summed E-state index contributed by atoms with van der Waals surface area (Å²) >= 11 is 4.34. The van der Waals surface area contributed by atoms with Crippen LogP contribution in [-0.4, -0.2) is 41.5 Å². The van der Waals surface area contributed by atoms with Crippen LogP contribution in [0.25, 0.3) is 5.76 Å². The summed E-state index contributed by atoms with van der Waals surface area (Å²) in [5, 5.41) is 11.4. The van der Waals surface area contributed by atoms with Gasteiger partial charge in [0.05, 0.1) is 31.0 Å². The van der Waals surface area contributed by atoms with Gasteiger partial charge >= 0.3 is 11.9 Å². The lowest BCUT2D eigenvalue weighted by atomic mass is 9.95. The van der Waals surface area contributed by atoms with E-state index in [-0.39, 0.29) is 21.3 Å². The zero-order valence-corrected chi connectivity index (χ0v) is 21.5. The van der Waals surface area contributed by atoms with Gasteiger partial charge < -0.3 is 14.6 Å². The van der Waals surface area contributed by atoms with Crippen molar-refractivity contribution >= 4 is 55.8 Å². The Morgan fingerprint density at radius 3 is 2.57 bits per heavy atom. The average Bonchev–Trinajstić information content (AvgIpc) is 3.36. The van der Waals surface area contributed by atoms with Gasteiger partial charge in [0.2, 0.25) is 0 Å². The van der Waals surface area contributed by atoms with Crippen molar-refractivity contribution in [3.63, 3.8) is 0 Å². The number of Topliss-reactive ketones (excluding diaryl/α,β-unsaturated/α-hetero) is 1. The maximum atomic E-state index is 13.3. The van der Waals surface area contributed by atoms with Gasteiger partial charge in [0.15, 0.2) is 5.13 Å². The number of ketones is 1. The number of rotatable bonds is 6. The Morgan fingerprint density at radius 1 is 1.20 bits per heavy atom. The molecule has 0 bridgehead atoms. The lowest BCUT2D eigenvalue weighted by Gasteiger charge is -2.23. The highest BCUT2D eigenvalue weighted by Gasteiger charge is 2.48. The second kappa shape index (κ2) is 10.0. The van der Waals surface area contributed by atoms with Crippen molar-refractivity contribution in [3.05, 3.63) is 80.3 Å². The van der Waals surface area contributed by atoms with Crippen LogP contribution in [0.1, 0.15) is 39.5 Å². The van der Waals surface area contributed by atoms with Gasteiger partial charge in [0.1, 0.15) is 16.4 Å². The van der Waals surface area contributed by atoms with Gasteiger partial charge in [-0.25, -0.2) is 9.78 Å². The number of hydrogen-bond donors (Lipinski definition) is 1. The standard InChI is InChI=1S/C25H21BrN2O6S/c1-4-34-17-7-5-6-15(12-17)20(29)18-19(14-8-10-16(26)11-9-14)28(23(31)21(18)30)25-27-13(2)22(35-25)24(32)33-3/h5-12,19,29H,4H2,1-3H3/b20-18+. The highest BCUT2D eigenvalue weighted by molar-refractivity contribution is 9.10. The summed E-state index contributed by atoms with van der Waals surface area (Å²) in [7, 11) is 1.26. The van der Waals surface area contributed by atoms with Crippen molar-refractivity contribution in [1.29, 1.82) is 0 Å². The summed E-state index contributed by atoms with van der Waals surface area (Å²) in [5.41, 5.74) is 1.21. The number of nitrogens with zero attached hydrogens (tertiary/aromatic N) is 2. The third-order valence-corrected chi connectivity index (χ3v) is 7.08. The van der Waals surface area contributed by atoms with E-state index in [4.69, 9.17) is 9.47 Å². The summed E-state index contributed by atoms with van der Waals surface area (Å²) in [6.45, 7) is 3.89. The van der Waals surface area contributed by atoms with Gasteiger partial charge in [-0.05, 0) is 43.7 Å². The molecule has 0 aliphatic carbocycles. The van der Waals surface area contributed by atoms with Crippen LogP contribution in [0.15, 0.2) is 58.6 Å². The molecule has 1 fully saturated rings. The molecule has 1 atom stereocenters. The highest BCUT2D eigenvalue weighted by Crippen LogP contribution is 2.44. The number of hydrogen-bond acceptors (Lipinski definition) is 8. The van der Waals surface area contributed by atoms with E-state index in [0.29, 0.717) is 29.2 Å². The first-order valence-electron chi connectivity index (χ1n) is 10.6. The van der Waals surface area contributed by atoms with Crippen LogP contribution >= 0.6 is 27.3 Å². The fraction of sp³-hybridized carbons (Fsp3) is 0.200. The summed E-state index contributed by atoms with van der Waals surface area (Å²) in [6.07, 6.45) is 0. The van der Waals surface area contributed by atoms with Gasteiger partial charge in [0, 0.05) is 10.0 Å².